The lowest BCUT2D eigenvalue weighted by Crippen LogP contribution is -2.23. The maximum atomic E-state index is 4.19. The molecule has 0 unspecified atom stereocenters. The van der Waals surface area contributed by atoms with Crippen molar-refractivity contribution in [3.05, 3.63) is 156 Å². The molecule has 0 atom stereocenters. The normalized spacial score (nSPS) is 13.1. The number of hydrogen-bond acceptors (Lipinski definition) is 1. The highest BCUT2D eigenvalue weighted by molar-refractivity contribution is 6.21. The molecule has 1 aliphatic rings. The summed E-state index contributed by atoms with van der Waals surface area (Å²) in [5, 5.41) is 5.14. The summed E-state index contributed by atoms with van der Waals surface area (Å²) in [7, 11) is 0. The summed E-state index contributed by atoms with van der Waals surface area (Å²) < 4.78 is 0. The molecule has 1 nitrogen and oxygen atoms in total. The van der Waals surface area contributed by atoms with Gasteiger partial charge in [-0.05, 0) is 114 Å². The minimum Gasteiger partial charge on any atom is -0.296 e. The van der Waals surface area contributed by atoms with Crippen molar-refractivity contribution in [3.63, 3.8) is 0 Å². The van der Waals surface area contributed by atoms with Gasteiger partial charge >= 0.3 is 0 Å². The van der Waals surface area contributed by atoms with Gasteiger partial charge in [-0.25, -0.2) is 0 Å². The van der Waals surface area contributed by atoms with Crippen molar-refractivity contribution in [2.45, 2.75) is 38.6 Å². The van der Waals surface area contributed by atoms with E-state index in [4.69, 9.17) is 0 Å². The summed E-state index contributed by atoms with van der Waals surface area (Å²) in [6, 6.07) is 51.8. The molecule has 0 radical (unpaired) electrons. The summed E-state index contributed by atoms with van der Waals surface area (Å²) >= 11 is 0. The fourth-order valence-corrected chi connectivity index (χ4v) is 8.17. The van der Waals surface area contributed by atoms with E-state index in [1.165, 1.54) is 82.7 Å². The first-order chi connectivity index (χ1) is 22.7. The Morgan fingerprint density at radius 1 is 0.478 bits per heavy atom. The molecule has 0 spiro atoms. The van der Waals surface area contributed by atoms with Crippen LogP contribution in [0.4, 0.5) is 0 Å². The molecule has 0 heterocycles. The molecule has 0 fully saturated rings. The van der Waals surface area contributed by atoms with E-state index in [1.54, 1.807) is 0 Å². The molecule has 1 heteroatoms. The number of rotatable bonds is 7. The highest BCUT2D eigenvalue weighted by Crippen LogP contribution is 2.54. The monoisotopic (exact) mass is 591 g/mol. The third kappa shape index (κ3) is 4.26. The first-order valence-corrected chi connectivity index (χ1v) is 16.5. The second-order valence-corrected chi connectivity index (χ2v) is 12.6. The average Bonchev–Trinajstić information content (AvgIpc) is 3.39. The van der Waals surface area contributed by atoms with Crippen LogP contribution in [0.3, 0.4) is 0 Å². The van der Waals surface area contributed by atoms with Crippen molar-refractivity contribution in [2.24, 2.45) is 4.99 Å². The molecular weight excluding hydrogens is 555 g/mol. The Kier molecular flexibility index (Phi) is 6.91. The predicted molar refractivity (Wildman–Crippen MR) is 198 cm³/mol. The maximum Gasteiger partial charge on any atom is 0.0632 e. The highest BCUT2D eigenvalue weighted by atomic mass is 14.7. The SMILES string of the molecule is C=NCc1ccc2c(c1)C(CC)(CC)c1cc(-c3c4ccccc4c(-c4cccc(-c5ccccc5)c4)c4ccccc34)ccc1-2. The molecule has 8 rings (SSSR count). The van der Waals surface area contributed by atoms with Crippen LogP contribution in [0.2, 0.25) is 0 Å². The maximum absolute atomic E-state index is 4.19. The van der Waals surface area contributed by atoms with Crippen LogP contribution >= 0.6 is 0 Å². The van der Waals surface area contributed by atoms with Gasteiger partial charge in [0, 0.05) is 5.41 Å². The Balaban J connectivity index is 1.38. The Labute approximate surface area is 271 Å². The molecule has 7 aromatic rings. The Hall–Kier alpha value is -5.27. The quantitative estimate of drug-likeness (QED) is 0.129. The van der Waals surface area contributed by atoms with Gasteiger partial charge in [-0.1, -0.05) is 141 Å². The first kappa shape index (κ1) is 28.2. The Bertz CT molecular complexity index is 2210. The second-order valence-electron chi connectivity index (χ2n) is 12.6. The summed E-state index contributed by atoms with van der Waals surface area (Å²) in [6.07, 6.45) is 2.10. The first-order valence-electron chi connectivity index (χ1n) is 16.5. The van der Waals surface area contributed by atoms with Crippen molar-refractivity contribution in [3.8, 4) is 44.5 Å². The number of aliphatic imine (C=N–C) groups is 1. The lowest BCUT2D eigenvalue weighted by molar-refractivity contribution is 0.490. The molecule has 1 aliphatic carbocycles. The van der Waals surface area contributed by atoms with E-state index >= 15 is 0 Å². The van der Waals surface area contributed by atoms with Crippen molar-refractivity contribution in [1.82, 2.24) is 0 Å². The standard InChI is InChI=1S/C45H37N/c1-4-45(5-2)41-26-30(29-46-3)22-24-35(41)36-25-23-34(28-42(36)45)44-39-20-11-9-18-37(39)43(38-19-10-12-21-40(38)44)33-17-13-16-32(27-33)31-14-7-6-8-15-31/h6-28H,3-5,29H2,1-2H3. The van der Waals surface area contributed by atoms with E-state index in [2.05, 4.69) is 165 Å². The van der Waals surface area contributed by atoms with Gasteiger partial charge in [-0.15, -0.1) is 0 Å². The number of fused-ring (bicyclic) bond motifs is 5. The van der Waals surface area contributed by atoms with Gasteiger partial charge < -0.3 is 0 Å². The van der Waals surface area contributed by atoms with E-state index in [9.17, 15) is 0 Å². The van der Waals surface area contributed by atoms with Crippen LogP contribution < -0.4 is 0 Å². The largest absolute Gasteiger partial charge is 0.296 e. The average molecular weight is 592 g/mol. The van der Waals surface area contributed by atoms with E-state index in [0.717, 1.165) is 12.8 Å². The van der Waals surface area contributed by atoms with Gasteiger partial charge in [-0.3, -0.25) is 4.99 Å². The minimum absolute atomic E-state index is 0.0265. The zero-order valence-corrected chi connectivity index (χ0v) is 26.6. The molecule has 0 N–H and O–H groups in total. The highest BCUT2D eigenvalue weighted by Gasteiger charge is 2.40. The third-order valence-corrected chi connectivity index (χ3v) is 10.4. The Morgan fingerprint density at radius 3 is 1.57 bits per heavy atom. The summed E-state index contributed by atoms with van der Waals surface area (Å²) in [5.74, 6) is 0. The molecule has 0 saturated carbocycles. The van der Waals surface area contributed by atoms with Gasteiger partial charge in [0.05, 0.1) is 6.54 Å². The second kappa shape index (κ2) is 11.3. The van der Waals surface area contributed by atoms with Gasteiger partial charge in [-0.2, -0.15) is 0 Å². The molecule has 222 valence electrons. The van der Waals surface area contributed by atoms with Crippen molar-refractivity contribution in [2.75, 3.05) is 0 Å². The van der Waals surface area contributed by atoms with Crippen molar-refractivity contribution < 1.29 is 0 Å². The van der Waals surface area contributed by atoms with Gasteiger partial charge in [0.15, 0.2) is 0 Å². The van der Waals surface area contributed by atoms with Crippen molar-refractivity contribution in [1.29, 1.82) is 0 Å². The van der Waals surface area contributed by atoms with Crippen LogP contribution in [0.15, 0.2) is 145 Å². The molecule has 46 heavy (non-hydrogen) atoms. The lowest BCUT2D eigenvalue weighted by atomic mass is 9.73. The fourth-order valence-electron chi connectivity index (χ4n) is 8.17. The van der Waals surface area contributed by atoms with Crippen LogP contribution in [0.5, 0.6) is 0 Å². The third-order valence-electron chi connectivity index (χ3n) is 10.4. The minimum atomic E-state index is -0.0265. The fraction of sp³-hybridized carbons (Fsp3) is 0.133. The number of benzene rings is 7. The smallest absolute Gasteiger partial charge is 0.0632 e. The van der Waals surface area contributed by atoms with E-state index in [1.807, 2.05) is 0 Å². The van der Waals surface area contributed by atoms with Crippen LogP contribution in [0.25, 0.3) is 66.1 Å². The van der Waals surface area contributed by atoms with Gasteiger partial charge in [0.1, 0.15) is 0 Å². The number of hydrogen-bond donors (Lipinski definition) is 0. The summed E-state index contributed by atoms with van der Waals surface area (Å²) in [4.78, 5) is 4.19. The summed E-state index contributed by atoms with van der Waals surface area (Å²) in [5.41, 5.74) is 14.4. The zero-order chi connectivity index (χ0) is 31.3. The van der Waals surface area contributed by atoms with Gasteiger partial charge in [0.2, 0.25) is 0 Å². The van der Waals surface area contributed by atoms with E-state index in [-0.39, 0.29) is 5.41 Å². The van der Waals surface area contributed by atoms with E-state index in [0.29, 0.717) is 6.54 Å². The topological polar surface area (TPSA) is 12.4 Å². The lowest BCUT2D eigenvalue weighted by Gasteiger charge is -2.30. The van der Waals surface area contributed by atoms with Crippen molar-refractivity contribution >= 4 is 28.3 Å². The Morgan fingerprint density at radius 2 is 0.978 bits per heavy atom. The molecule has 7 aromatic carbocycles. The molecule has 0 amide bonds. The molecule has 0 aliphatic heterocycles. The predicted octanol–water partition coefficient (Wildman–Crippen LogP) is 12.3. The van der Waals surface area contributed by atoms with Gasteiger partial charge in [0.25, 0.3) is 0 Å². The summed E-state index contributed by atoms with van der Waals surface area (Å²) in [6.45, 7) is 9.09. The molecule has 0 saturated heterocycles. The molecule has 0 bridgehead atoms. The number of nitrogens with zero attached hydrogens (tertiary/aromatic N) is 1. The molecular formula is C45H37N. The van der Waals surface area contributed by atoms with Crippen LogP contribution in [-0.4, -0.2) is 6.72 Å². The van der Waals surface area contributed by atoms with Crippen LogP contribution in [0.1, 0.15) is 43.4 Å². The zero-order valence-electron chi connectivity index (χ0n) is 26.6. The van der Waals surface area contributed by atoms with Crippen LogP contribution in [0, 0.1) is 0 Å². The molecule has 0 aromatic heterocycles. The van der Waals surface area contributed by atoms with Crippen LogP contribution in [-0.2, 0) is 12.0 Å². The van der Waals surface area contributed by atoms with E-state index < -0.39 is 0 Å².